The minimum absolute atomic E-state index is 0.169. The van der Waals surface area contributed by atoms with Crippen LogP contribution in [0.5, 0.6) is 0 Å². The average molecular weight is 451 g/mol. The molecule has 3 aliphatic rings. The van der Waals surface area contributed by atoms with Gasteiger partial charge < -0.3 is 4.90 Å². The highest BCUT2D eigenvalue weighted by molar-refractivity contribution is 5.94. The molecule has 0 N–H and O–H groups in total. The lowest BCUT2D eigenvalue weighted by Gasteiger charge is -2.41. The molecule has 1 amide bonds. The van der Waals surface area contributed by atoms with Crippen molar-refractivity contribution < 1.29 is 4.79 Å². The van der Waals surface area contributed by atoms with E-state index in [9.17, 15) is 4.79 Å². The first-order chi connectivity index (χ1) is 16.2. The summed E-state index contributed by atoms with van der Waals surface area (Å²) >= 11 is 0. The molecule has 2 aromatic rings. The molecular formula is C26H38N6O. The molecule has 33 heavy (non-hydrogen) atoms. The zero-order chi connectivity index (χ0) is 22.6. The smallest absolute Gasteiger partial charge is 0.274 e. The number of piperazine rings is 1. The number of hydrogen-bond donors (Lipinski definition) is 0. The summed E-state index contributed by atoms with van der Waals surface area (Å²) in [4.78, 5) is 24.9. The number of nitrogens with zero attached hydrogens (tertiary/aromatic N) is 6. The van der Waals surface area contributed by atoms with E-state index in [4.69, 9.17) is 5.10 Å². The Hall–Kier alpha value is -2.25. The van der Waals surface area contributed by atoms with Crippen LogP contribution in [0.3, 0.4) is 0 Å². The summed E-state index contributed by atoms with van der Waals surface area (Å²) in [6.45, 7) is 10.2. The molecule has 0 spiro atoms. The van der Waals surface area contributed by atoms with E-state index in [1.165, 1.54) is 29.7 Å². The fourth-order valence-electron chi connectivity index (χ4n) is 5.83. The Balaban J connectivity index is 1.26. The van der Waals surface area contributed by atoms with Gasteiger partial charge in [0.25, 0.3) is 5.91 Å². The number of fused-ring (bicyclic) bond motifs is 1. The molecular weight excluding hydrogens is 412 g/mol. The van der Waals surface area contributed by atoms with Crippen molar-refractivity contribution in [2.45, 2.75) is 71.0 Å². The summed E-state index contributed by atoms with van der Waals surface area (Å²) in [7, 11) is 0. The van der Waals surface area contributed by atoms with Crippen LogP contribution in [0.25, 0.3) is 0 Å². The van der Waals surface area contributed by atoms with Crippen LogP contribution >= 0.6 is 0 Å². The van der Waals surface area contributed by atoms with Crippen LogP contribution in [0, 0.1) is 0 Å². The quantitative estimate of drug-likeness (QED) is 0.677. The maximum atomic E-state index is 13.4. The monoisotopic (exact) mass is 450 g/mol. The van der Waals surface area contributed by atoms with Crippen molar-refractivity contribution in [3.63, 3.8) is 0 Å². The second kappa shape index (κ2) is 10.3. The number of rotatable bonds is 6. The third kappa shape index (κ3) is 4.99. The summed E-state index contributed by atoms with van der Waals surface area (Å²) in [6, 6.07) is 4.70. The minimum atomic E-state index is 0.169. The van der Waals surface area contributed by atoms with Gasteiger partial charge in [-0.3, -0.25) is 24.3 Å². The topological polar surface area (TPSA) is 57.5 Å². The Labute approximate surface area is 197 Å². The number of amides is 1. The Bertz CT molecular complexity index is 928. The molecule has 1 aliphatic carbocycles. The normalized spacial score (nSPS) is 22.3. The van der Waals surface area contributed by atoms with Crippen LogP contribution in [-0.4, -0.2) is 80.7 Å². The van der Waals surface area contributed by atoms with E-state index < -0.39 is 0 Å². The van der Waals surface area contributed by atoms with Gasteiger partial charge in [0.1, 0.15) is 0 Å². The summed E-state index contributed by atoms with van der Waals surface area (Å²) in [5.41, 5.74) is 4.61. The Kier molecular flexibility index (Phi) is 7.07. The average Bonchev–Trinajstić information content (AvgIpc) is 3.23. The van der Waals surface area contributed by atoms with Gasteiger partial charge >= 0.3 is 0 Å². The molecule has 7 heteroatoms. The summed E-state index contributed by atoms with van der Waals surface area (Å²) < 4.78 is 2.15. The van der Waals surface area contributed by atoms with Crippen LogP contribution in [0.1, 0.15) is 66.3 Å². The molecule has 0 radical (unpaired) electrons. The number of hydrogen-bond acceptors (Lipinski definition) is 5. The number of aromatic nitrogens is 3. The lowest BCUT2D eigenvalue weighted by molar-refractivity contribution is 0.0712. The Morgan fingerprint density at radius 1 is 1.09 bits per heavy atom. The van der Waals surface area contributed by atoms with Gasteiger partial charge in [0.15, 0.2) is 5.69 Å². The Morgan fingerprint density at radius 2 is 1.91 bits per heavy atom. The number of carbonyl (C=O) groups excluding carboxylic acids is 1. The van der Waals surface area contributed by atoms with E-state index in [1.807, 2.05) is 23.4 Å². The SMILES string of the molecule is CCCn1nc(C(=O)N2CCCCC2)c2c1CCC(N1CCN(Cc3cccnc3)CC1)C2. The molecule has 2 fully saturated rings. The molecule has 2 aliphatic heterocycles. The van der Waals surface area contributed by atoms with E-state index >= 15 is 0 Å². The maximum absolute atomic E-state index is 13.4. The molecule has 178 valence electrons. The van der Waals surface area contributed by atoms with Gasteiger partial charge in [-0.25, -0.2) is 0 Å². The zero-order valence-corrected chi connectivity index (χ0v) is 20.1. The molecule has 4 heterocycles. The van der Waals surface area contributed by atoms with Gasteiger partial charge in [-0.1, -0.05) is 13.0 Å². The van der Waals surface area contributed by atoms with Gasteiger partial charge in [0, 0.05) is 82.1 Å². The zero-order valence-electron chi connectivity index (χ0n) is 20.1. The van der Waals surface area contributed by atoms with Crippen molar-refractivity contribution in [1.29, 1.82) is 0 Å². The summed E-state index contributed by atoms with van der Waals surface area (Å²) in [5.74, 6) is 0.169. The fraction of sp³-hybridized carbons (Fsp3) is 0.654. The van der Waals surface area contributed by atoms with Crippen molar-refractivity contribution in [2.75, 3.05) is 39.3 Å². The van der Waals surface area contributed by atoms with Gasteiger partial charge in [-0.15, -0.1) is 0 Å². The van der Waals surface area contributed by atoms with E-state index in [0.717, 1.165) is 90.2 Å². The van der Waals surface area contributed by atoms with Crippen molar-refractivity contribution in [2.24, 2.45) is 0 Å². The highest BCUT2D eigenvalue weighted by atomic mass is 16.2. The van der Waals surface area contributed by atoms with E-state index in [-0.39, 0.29) is 5.91 Å². The highest BCUT2D eigenvalue weighted by Gasteiger charge is 2.34. The number of likely N-dealkylation sites (tertiary alicyclic amines) is 1. The number of piperidine rings is 1. The standard InChI is InChI=1S/C26H38N6O/c1-2-11-32-24-9-8-22(18-23(24)25(28-32)26(33)31-12-4-3-5-13-31)30-16-14-29(15-17-30)20-21-7-6-10-27-19-21/h6-7,10,19,22H,2-5,8-9,11-18,20H2,1H3. The van der Waals surface area contributed by atoms with Gasteiger partial charge in [0.2, 0.25) is 0 Å². The molecule has 2 saturated heterocycles. The van der Waals surface area contributed by atoms with E-state index in [2.05, 4.69) is 32.5 Å². The third-order valence-corrected chi connectivity index (χ3v) is 7.65. The lowest BCUT2D eigenvalue weighted by atomic mass is 9.89. The van der Waals surface area contributed by atoms with E-state index in [1.54, 1.807) is 0 Å². The van der Waals surface area contributed by atoms with Gasteiger partial charge in [-0.05, 0) is 56.6 Å². The lowest BCUT2D eigenvalue weighted by Crippen LogP contribution is -2.51. The number of pyridine rings is 1. The van der Waals surface area contributed by atoms with Crippen molar-refractivity contribution >= 4 is 5.91 Å². The number of carbonyl (C=O) groups is 1. The third-order valence-electron chi connectivity index (χ3n) is 7.65. The Morgan fingerprint density at radius 3 is 2.64 bits per heavy atom. The van der Waals surface area contributed by atoms with Crippen LogP contribution < -0.4 is 0 Å². The summed E-state index contributed by atoms with van der Waals surface area (Å²) in [6.07, 6.45) is 11.5. The number of aryl methyl sites for hydroxylation is 1. The highest BCUT2D eigenvalue weighted by Crippen LogP contribution is 2.30. The molecule has 2 aromatic heterocycles. The van der Waals surface area contributed by atoms with E-state index in [0.29, 0.717) is 6.04 Å². The second-order valence-corrected chi connectivity index (χ2v) is 9.92. The summed E-state index contributed by atoms with van der Waals surface area (Å²) in [5, 5.41) is 4.89. The van der Waals surface area contributed by atoms with Crippen molar-refractivity contribution in [3.8, 4) is 0 Å². The van der Waals surface area contributed by atoms with Crippen molar-refractivity contribution in [1.82, 2.24) is 29.5 Å². The molecule has 0 bridgehead atoms. The molecule has 7 nitrogen and oxygen atoms in total. The molecule has 0 saturated carbocycles. The molecule has 0 aromatic carbocycles. The minimum Gasteiger partial charge on any atom is -0.337 e. The van der Waals surface area contributed by atoms with Crippen LogP contribution in [-0.2, 0) is 25.9 Å². The predicted molar refractivity (Wildman–Crippen MR) is 129 cm³/mol. The molecule has 1 unspecified atom stereocenters. The van der Waals surface area contributed by atoms with Crippen LogP contribution in [0.4, 0.5) is 0 Å². The largest absolute Gasteiger partial charge is 0.337 e. The first-order valence-corrected chi connectivity index (χ1v) is 13.0. The molecule has 5 rings (SSSR count). The van der Waals surface area contributed by atoms with Crippen molar-refractivity contribution in [3.05, 3.63) is 47.0 Å². The maximum Gasteiger partial charge on any atom is 0.274 e. The second-order valence-electron chi connectivity index (χ2n) is 9.92. The molecule has 1 atom stereocenters. The van der Waals surface area contributed by atoms with Crippen LogP contribution in [0.2, 0.25) is 0 Å². The van der Waals surface area contributed by atoms with Gasteiger partial charge in [-0.2, -0.15) is 5.10 Å². The van der Waals surface area contributed by atoms with Gasteiger partial charge in [0.05, 0.1) is 0 Å². The first kappa shape index (κ1) is 22.5. The van der Waals surface area contributed by atoms with Crippen LogP contribution in [0.15, 0.2) is 24.5 Å². The fourth-order valence-corrected chi connectivity index (χ4v) is 5.83. The predicted octanol–water partition coefficient (Wildman–Crippen LogP) is 2.99. The first-order valence-electron chi connectivity index (χ1n) is 13.0.